The van der Waals surface area contributed by atoms with Gasteiger partial charge in [0.15, 0.2) is 6.61 Å². The lowest BCUT2D eigenvalue weighted by Gasteiger charge is -2.33. The molecule has 3 aromatic rings. The van der Waals surface area contributed by atoms with Gasteiger partial charge in [-0.1, -0.05) is 30.3 Å². The Labute approximate surface area is 170 Å². The number of fused-ring (bicyclic) bond motifs is 1. The van der Waals surface area contributed by atoms with Crippen LogP contribution in [0.25, 0.3) is 0 Å². The van der Waals surface area contributed by atoms with Crippen LogP contribution >= 0.6 is 0 Å². The summed E-state index contributed by atoms with van der Waals surface area (Å²) in [6, 6.07) is 21.2. The highest BCUT2D eigenvalue weighted by Crippen LogP contribution is 2.33. The summed E-state index contributed by atoms with van der Waals surface area (Å²) < 4.78 is 11.4. The molecule has 1 amide bonds. The molecule has 2 aromatic carbocycles. The first-order chi connectivity index (χ1) is 14.2. The quantitative estimate of drug-likeness (QED) is 0.609. The summed E-state index contributed by atoms with van der Waals surface area (Å²) in [5.74, 6) is 1.80. The van der Waals surface area contributed by atoms with Crippen LogP contribution in [0.1, 0.15) is 30.0 Å². The fourth-order valence-corrected chi connectivity index (χ4v) is 3.68. The van der Waals surface area contributed by atoms with E-state index in [-0.39, 0.29) is 18.6 Å². The molecule has 0 bridgehead atoms. The number of likely N-dealkylation sites (N-methyl/N-ethyl adjacent to an activating group) is 1. The number of ether oxygens (including phenoxy) is 2. The van der Waals surface area contributed by atoms with Crippen molar-refractivity contribution in [2.75, 3.05) is 13.7 Å². The number of amides is 1. The van der Waals surface area contributed by atoms with Gasteiger partial charge in [-0.15, -0.1) is 0 Å². The Morgan fingerprint density at radius 1 is 1.03 bits per heavy atom. The molecule has 5 heteroatoms. The molecule has 5 nitrogen and oxygen atoms in total. The highest BCUT2D eigenvalue weighted by atomic mass is 16.5. The predicted octanol–water partition coefficient (Wildman–Crippen LogP) is 4.79. The molecule has 29 heavy (non-hydrogen) atoms. The number of nitrogens with zero attached hydrogens (tertiary/aromatic N) is 2. The predicted molar refractivity (Wildman–Crippen MR) is 111 cm³/mol. The largest absolute Gasteiger partial charge is 0.484 e. The summed E-state index contributed by atoms with van der Waals surface area (Å²) in [4.78, 5) is 18.6. The van der Waals surface area contributed by atoms with Gasteiger partial charge in [0.05, 0.1) is 6.04 Å². The molecule has 0 spiro atoms. The van der Waals surface area contributed by atoms with Crippen molar-refractivity contribution in [3.05, 3.63) is 84.1 Å². The Morgan fingerprint density at radius 3 is 2.59 bits per heavy atom. The summed E-state index contributed by atoms with van der Waals surface area (Å²) in [6.07, 6.45) is 4.84. The van der Waals surface area contributed by atoms with Crippen molar-refractivity contribution in [2.45, 2.75) is 25.3 Å². The molecular weight excluding hydrogens is 364 g/mol. The zero-order valence-corrected chi connectivity index (χ0v) is 16.5. The molecule has 148 valence electrons. The van der Waals surface area contributed by atoms with Gasteiger partial charge in [0, 0.05) is 19.3 Å². The van der Waals surface area contributed by atoms with E-state index in [4.69, 9.17) is 9.47 Å². The summed E-state index contributed by atoms with van der Waals surface area (Å²) in [5, 5.41) is 0. The minimum absolute atomic E-state index is 0.00954. The first-order valence-electron chi connectivity index (χ1n) is 9.86. The Bertz CT molecular complexity index is 957. The minimum atomic E-state index is -0.0273. The fourth-order valence-electron chi connectivity index (χ4n) is 3.68. The lowest BCUT2D eigenvalue weighted by molar-refractivity contribution is -0.134. The second-order valence-corrected chi connectivity index (χ2v) is 7.14. The Balaban J connectivity index is 1.34. The molecule has 0 fully saturated rings. The number of carbonyl (C=O) groups is 1. The van der Waals surface area contributed by atoms with Crippen LogP contribution in [0.4, 0.5) is 0 Å². The number of rotatable bonds is 6. The molecule has 0 saturated heterocycles. The van der Waals surface area contributed by atoms with Crippen molar-refractivity contribution in [3.63, 3.8) is 0 Å². The van der Waals surface area contributed by atoms with E-state index in [1.54, 1.807) is 36.5 Å². The first-order valence-corrected chi connectivity index (χ1v) is 9.86. The van der Waals surface area contributed by atoms with Gasteiger partial charge in [-0.2, -0.15) is 0 Å². The van der Waals surface area contributed by atoms with E-state index in [9.17, 15) is 4.79 Å². The molecule has 1 atom stereocenters. The van der Waals surface area contributed by atoms with Gasteiger partial charge in [0.2, 0.25) is 5.88 Å². The van der Waals surface area contributed by atoms with Crippen LogP contribution in [0, 0.1) is 0 Å². The van der Waals surface area contributed by atoms with E-state index in [1.165, 1.54) is 11.1 Å². The lowest BCUT2D eigenvalue weighted by Crippen LogP contribution is -2.36. The number of benzene rings is 2. The second kappa shape index (κ2) is 8.78. The van der Waals surface area contributed by atoms with Crippen molar-refractivity contribution in [1.82, 2.24) is 9.88 Å². The summed E-state index contributed by atoms with van der Waals surface area (Å²) in [6.45, 7) is 0.00954. The van der Waals surface area contributed by atoms with Crippen molar-refractivity contribution in [2.24, 2.45) is 0 Å². The molecular formula is C24H24N2O3. The highest BCUT2D eigenvalue weighted by molar-refractivity contribution is 5.78. The van der Waals surface area contributed by atoms with Crippen LogP contribution in [0.15, 0.2) is 72.9 Å². The van der Waals surface area contributed by atoms with E-state index in [2.05, 4.69) is 23.2 Å². The van der Waals surface area contributed by atoms with Gasteiger partial charge in [0.1, 0.15) is 11.5 Å². The fraction of sp³-hybridized carbons (Fsp3) is 0.250. The van der Waals surface area contributed by atoms with Crippen LogP contribution in [0.3, 0.4) is 0 Å². The molecule has 0 radical (unpaired) electrons. The van der Waals surface area contributed by atoms with E-state index in [0.717, 1.165) is 19.3 Å². The molecule has 0 unspecified atom stereocenters. The second-order valence-electron chi connectivity index (χ2n) is 7.14. The third-order valence-corrected chi connectivity index (χ3v) is 5.24. The van der Waals surface area contributed by atoms with Gasteiger partial charge >= 0.3 is 0 Å². The summed E-state index contributed by atoms with van der Waals surface area (Å²) in [5.41, 5.74) is 2.60. The average Bonchev–Trinajstić information content (AvgIpc) is 2.78. The third kappa shape index (κ3) is 4.57. The monoisotopic (exact) mass is 388 g/mol. The number of pyridine rings is 1. The molecule has 1 aliphatic carbocycles. The van der Waals surface area contributed by atoms with E-state index in [0.29, 0.717) is 17.4 Å². The Morgan fingerprint density at radius 2 is 1.79 bits per heavy atom. The molecule has 0 aliphatic heterocycles. The van der Waals surface area contributed by atoms with Crippen LogP contribution in [-0.2, 0) is 11.2 Å². The smallest absolute Gasteiger partial charge is 0.260 e. The molecule has 1 aliphatic rings. The SMILES string of the molecule is CN(C(=O)COc1ccc(Oc2ccccn2)cc1)[C@H]1CCCc2ccccc21. The summed E-state index contributed by atoms with van der Waals surface area (Å²) >= 11 is 0. The molecule has 0 saturated carbocycles. The Hall–Kier alpha value is -3.34. The molecule has 0 N–H and O–H groups in total. The van der Waals surface area contributed by atoms with Crippen molar-refractivity contribution < 1.29 is 14.3 Å². The third-order valence-electron chi connectivity index (χ3n) is 5.24. The molecule has 1 heterocycles. The van der Waals surface area contributed by atoms with Crippen molar-refractivity contribution in [1.29, 1.82) is 0 Å². The first kappa shape index (κ1) is 19.0. The van der Waals surface area contributed by atoms with Gasteiger partial charge < -0.3 is 14.4 Å². The molecule has 4 rings (SSSR count). The number of aromatic nitrogens is 1. The minimum Gasteiger partial charge on any atom is -0.484 e. The normalized spacial score (nSPS) is 15.3. The van der Waals surface area contributed by atoms with E-state index < -0.39 is 0 Å². The van der Waals surface area contributed by atoms with Gasteiger partial charge in [-0.25, -0.2) is 4.98 Å². The van der Waals surface area contributed by atoms with Crippen LogP contribution in [-0.4, -0.2) is 29.4 Å². The van der Waals surface area contributed by atoms with Crippen LogP contribution < -0.4 is 9.47 Å². The number of carbonyl (C=O) groups excluding carboxylic acids is 1. The van der Waals surface area contributed by atoms with Crippen LogP contribution in [0.5, 0.6) is 17.4 Å². The average molecular weight is 388 g/mol. The van der Waals surface area contributed by atoms with Gasteiger partial charge in [-0.3, -0.25) is 4.79 Å². The van der Waals surface area contributed by atoms with Crippen molar-refractivity contribution >= 4 is 5.91 Å². The molecule has 1 aromatic heterocycles. The maximum Gasteiger partial charge on any atom is 0.260 e. The van der Waals surface area contributed by atoms with Crippen molar-refractivity contribution in [3.8, 4) is 17.4 Å². The van der Waals surface area contributed by atoms with Gasteiger partial charge in [0.25, 0.3) is 5.91 Å². The highest BCUT2D eigenvalue weighted by Gasteiger charge is 2.26. The number of aryl methyl sites for hydroxylation is 1. The number of hydrogen-bond donors (Lipinski definition) is 0. The maximum absolute atomic E-state index is 12.7. The lowest BCUT2D eigenvalue weighted by atomic mass is 9.87. The zero-order chi connectivity index (χ0) is 20.1. The Kier molecular flexibility index (Phi) is 5.75. The topological polar surface area (TPSA) is 51.7 Å². The number of hydrogen-bond acceptors (Lipinski definition) is 4. The van der Waals surface area contributed by atoms with Gasteiger partial charge in [-0.05, 0) is 60.7 Å². The standard InChI is InChI=1S/C24H24N2O3/c1-26(22-10-6-8-18-7-2-3-9-21(18)22)24(27)17-28-19-12-14-20(15-13-19)29-23-11-4-5-16-25-23/h2-5,7,9,11-16,22H,6,8,10,17H2,1H3/t22-/m0/s1. The van der Waals surface area contributed by atoms with E-state index in [1.807, 2.05) is 30.1 Å². The maximum atomic E-state index is 12.7. The van der Waals surface area contributed by atoms with Crippen LogP contribution in [0.2, 0.25) is 0 Å². The zero-order valence-electron chi connectivity index (χ0n) is 16.5. The summed E-state index contributed by atoms with van der Waals surface area (Å²) in [7, 11) is 1.86. The van der Waals surface area contributed by atoms with E-state index >= 15 is 0 Å².